The quantitative estimate of drug-likeness (QED) is 0.775. The third-order valence-corrected chi connectivity index (χ3v) is 3.97. The molecule has 0 radical (unpaired) electrons. The highest BCUT2D eigenvalue weighted by atomic mass is 32.2. The minimum absolute atomic E-state index is 0.333. The standard InChI is InChI=1S/C10H16N2O2S/c1-11(2)9-7-5-6-8-10(9)15(13,14)12(3)4/h5-8H,1-4H3. The van der Waals surface area contributed by atoms with Crippen LogP contribution in [0.2, 0.25) is 0 Å². The molecule has 4 nitrogen and oxygen atoms in total. The topological polar surface area (TPSA) is 40.6 Å². The van der Waals surface area contributed by atoms with Crippen LogP contribution in [0.1, 0.15) is 0 Å². The Kier molecular flexibility index (Phi) is 3.36. The Morgan fingerprint density at radius 2 is 1.53 bits per heavy atom. The summed E-state index contributed by atoms with van der Waals surface area (Å²) in [5.74, 6) is 0. The number of anilines is 1. The monoisotopic (exact) mass is 228 g/mol. The van der Waals surface area contributed by atoms with Crippen LogP contribution in [0.25, 0.3) is 0 Å². The summed E-state index contributed by atoms with van der Waals surface area (Å²) in [6.45, 7) is 0. The molecule has 84 valence electrons. The molecule has 0 saturated carbocycles. The maximum atomic E-state index is 12.0. The zero-order valence-corrected chi connectivity index (χ0v) is 10.2. The average Bonchev–Trinajstić information content (AvgIpc) is 2.17. The van der Waals surface area contributed by atoms with Crippen molar-refractivity contribution in [2.45, 2.75) is 4.90 Å². The first kappa shape index (κ1) is 12.0. The number of rotatable bonds is 3. The molecule has 1 rings (SSSR count). The van der Waals surface area contributed by atoms with Crippen LogP contribution in [0, 0.1) is 0 Å². The van der Waals surface area contributed by atoms with Gasteiger partial charge in [-0.15, -0.1) is 0 Å². The highest BCUT2D eigenvalue weighted by molar-refractivity contribution is 7.89. The lowest BCUT2D eigenvalue weighted by molar-refractivity contribution is 0.521. The maximum Gasteiger partial charge on any atom is 0.244 e. The van der Waals surface area contributed by atoms with Crippen LogP contribution in [0.15, 0.2) is 29.2 Å². The van der Waals surface area contributed by atoms with Gasteiger partial charge in [0.25, 0.3) is 0 Å². The molecule has 0 bridgehead atoms. The molecule has 0 unspecified atom stereocenters. The number of hydrogen-bond acceptors (Lipinski definition) is 3. The van der Waals surface area contributed by atoms with E-state index < -0.39 is 10.0 Å². The van der Waals surface area contributed by atoms with Crippen molar-refractivity contribution in [3.63, 3.8) is 0 Å². The fraction of sp³-hybridized carbons (Fsp3) is 0.400. The van der Waals surface area contributed by atoms with Crippen molar-refractivity contribution in [1.82, 2.24) is 4.31 Å². The molecule has 0 aliphatic heterocycles. The van der Waals surface area contributed by atoms with Crippen molar-refractivity contribution in [3.05, 3.63) is 24.3 Å². The van der Waals surface area contributed by atoms with E-state index in [2.05, 4.69) is 0 Å². The summed E-state index contributed by atoms with van der Waals surface area (Å²) < 4.78 is 25.1. The minimum atomic E-state index is -3.36. The lowest BCUT2D eigenvalue weighted by atomic mass is 10.3. The summed E-state index contributed by atoms with van der Waals surface area (Å²) >= 11 is 0. The predicted octanol–water partition coefficient (Wildman–Crippen LogP) is 1.00. The second kappa shape index (κ2) is 4.20. The Hall–Kier alpha value is -1.07. The van der Waals surface area contributed by atoms with Gasteiger partial charge in [-0.2, -0.15) is 0 Å². The van der Waals surface area contributed by atoms with Crippen LogP contribution in [0.3, 0.4) is 0 Å². The molecule has 0 saturated heterocycles. The Labute approximate surface area is 91.2 Å². The van der Waals surface area contributed by atoms with Crippen molar-refractivity contribution in [2.24, 2.45) is 0 Å². The van der Waals surface area contributed by atoms with E-state index in [4.69, 9.17) is 0 Å². The number of nitrogens with zero attached hydrogens (tertiary/aromatic N) is 2. The van der Waals surface area contributed by atoms with Crippen LogP contribution >= 0.6 is 0 Å². The smallest absolute Gasteiger partial charge is 0.244 e. The number of para-hydroxylation sites is 1. The molecule has 1 aromatic carbocycles. The molecule has 0 fully saturated rings. The second-order valence-electron chi connectivity index (χ2n) is 3.65. The van der Waals surface area contributed by atoms with Crippen LogP contribution < -0.4 is 4.90 Å². The molecular weight excluding hydrogens is 212 g/mol. The molecule has 0 aliphatic carbocycles. The zero-order valence-electron chi connectivity index (χ0n) is 9.43. The van der Waals surface area contributed by atoms with E-state index in [0.29, 0.717) is 10.6 Å². The zero-order chi connectivity index (χ0) is 11.6. The summed E-state index contributed by atoms with van der Waals surface area (Å²) in [5.41, 5.74) is 0.700. The third-order valence-electron chi connectivity index (χ3n) is 2.11. The van der Waals surface area contributed by atoms with E-state index in [-0.39, 0.29) is 0 Å². The van der Waals surface area contributed by atoms with Gasteiger partial charge in [0.15, 0.2) is 0 Å². The first-order chi connectivity index (χ1) is 6.87. The van der Waals surface area contributed by atoms with Gasteiger partial charge < -0.3 is 4.90 Å². The molecule has 15 heavy (non-hydrogen) atoms. The van der Waals surface area contributed by atoms with E-state index in [1.807, 2.05) is 20.2 Å². The Morgan fingerprint density at radius 1 is 1.00 bits per heavy atom. The SMILES string of the molecule is CN(C)c1ccccc1S(=O)(=O)N(C)C. The van der Waals surface area contributed by atoms with Gasteiger partial charge in [-0.25, -0.2) is 12.7 Å². The summed E-state index contributed by atoms with van der Waals surface area (Å²) in [6.07, 6.45) is 0. The summed E-state index contributed by atoms with van der Waals surface area (Å²) in [7, 11) is 3.35. The predicted molar refractivity (Wildman–Crippen MR) is 61.6 cm³/mol. The van der Waals surface area contributed by atoms with Crippen LogP contribution in [0.5, 0.6) is 0 Å². The Bertz CT molecular complexity index is 438. The number of hydrogen-bond donors (Lipinski definition) is 0. The Morgan fingerprint density at radius 3 is 2.00 bits per heavy atom. The summed E-state index contributed by atoms with van der Waals surface area (Å²) in [4.78, 5) is 2.12. The van der Waals surface area contributed by atoms with Gasteiger partial charge in [0.2, 0.25) is 10.0 Å². The second-order valence-corrected chi connectivity index (χ2v) is 5.77. The van der Waals surface area contributed by atoms with Crippen molar-refractivity contribution in [2.75, 3.05) is 33.1 Å². The van der Waals surface area contributed by atoms with Crippen molar-refractivity contribution >= 4 is 15.7 Å². The molecule has 0 amide bonds. The number of benzene rings is 1. The van der Waals surface area contributed by atoms with Gasteiger partial charge in [-0.3, -0.25) is 0 Å². The van der Waals surface area contributed by atoms with Gasteiger partial charge >= 0.3 is 0 Å². The van der Waals surface area contributed by atoms with Crippen molar-refractivity contribution in [1.29, 1.82) is 0 Å². The normalized spacial score (nSPS) is 11.8. The highest BCUT2D eigenvalue weighted by Gasteiger charge is 2.21. The number of sulfonamides is 1. The molecule has 0 heterocycles. The van der Waals surface area contributed by atoms with E-state index in [1.165, 1.54) is 18.4 Å². The van der Waals surface area contributed by atoms with E-state index in [0.717, 1.165) is 0 Å². The highest BCUT2D eigenvalue weighted by Crippen LogP contribution is 2.24. The van der Waals surface area contributed by atoms with Gasteiger partial charge in [-0.05, 0) is 12.1 Å². The van der Waals surface area contributed by atoms with Crippen molar-refractivity contribution < 1.29 is 8.42 Å². The molecule has 0 spiro atoms. The Balaban J connectivity index is 3.38. The third kappa shape index (κ3) is 2.30. The fourth-order valence-corrected chi connectivity index (χ4v) is 2.40. The molecule has 0 aromatic heterocycles. The van der Waals surface area contributed by atoms with Crippen molar-refractivity contribution in [3.8, 4) is 0 Å². The van der Waals surface area contributed by atoms with Gasteiger partial charge in [-0.1, -0.05) is 12.1 Å². The molecule has 0 atom stereocenters. The van der Waals surface area contributed by atoms with Crippen LogP contribution in [-0.2, 0) is 10.0 Å². The van der Waals surface area contributed by atoms with E-state index >= 15 is 0 Å². The first-order valence-corrected chi connectivity index (χ1v) is 6.00. The van der Waals surface area contributed by atoms with Crippen LogP contribution in [0.4, 0.5) is 5.69 Å². The minimum Gasteiger partial charge on any atom is -0.377 e. The summed E-state index contributed by atoms with van der Waals surface area (Å²) in [6, 6.07) is 6.95. The van der Waals surface area contributed by atoms with E-state index in [9.17, 15) is 8.42 Å². The largest absolute Gasteiger partial charge is 0.377 e. The fourth-order valence-electron chi connectivity index (χ4n) is 1.24. The van der Waals surface area contributed by atoms with Crippen LogP contribution in [-0.4, -0.2) is 40.9 Å². The average molecular weight is 228 g/mol. The molecule has 5 heteroatoms. The molecule has 1 aromatic rings. The van der Waals surface area contributed by atoms with Gasteiger partial charge in [0, 0.05) is 28.2 Å². The van der Waals surface area contributed by atoms with E-state index in [1.54, 1.807) is 23.1 Å². The van der Waals surface area contributed by atoms with Gasteiger partial charge in [0.1, 0.15) is 4.90 Å². The van der Waals surface area contributed by atoms with Gasteiger partial charge in [0.05, 0.1) is 5.69 Å². The lowest BCUT2D eigenvalue weighted by Crippen LogP contribution is -2.24. The molecule has 0 aliphatic rings. The lowest BCUT2D eigenvalue weighted by Gasteiger charge is -2.19. The summed E-state index contributed by atoms with van der Waals surface area (Å²) in [5, 5.41) is 0. The maximum absolute atomic E-state index is 12.0. The first-order valence-electron chi connectivity index (χ1n) is 4.56. The molecule has 0 N–H and O–H groups in total. The molecular formula is C10H16N2O2S.